The fraction of sp³-hybridized carbons (Fsp3) is 0.579. The van der Waals surface area contributed by atoms with Crippen molar-refractivity contribution in [2.24, 2.45) is 5.92 Å². The summed E-state index contributed by atoms with van der Waals surface area (Å²) in [6, 6.07) is 4.95. The third kappa shape index (κ3) is 6.32. The Kier molecular flexibility index (Phi) is 9.08. The van der Waals surface area contributed by atoms with Crippen LogP contribution in [0.5, 0.6) is 11.5 Å². The molecular formula is C19H28O5. The summed E-state index contributed by atoms with van der Waals surface area (Å²) < 4.78 is 5.05. The number of hydrogen-bond acceptors (Lipinski definition) is 5. The first-order chi connectivity index (χ1) is 11.5. The molecule has 0 unspecified atom stereocenters. The van der Waals surface area contributed by atoms with Crippen LogP contribution in [0.2, 0.25) is 0 Å². The van der Waals surface area contributed by atoms with Gasteiger partial charge in [-0.05, 0) is 37.0 Å². The molecule has 1 rings (SSSR count). The standard InChI is InChI=1S/C19H28O5/c1-3-4-5-6-16(21)15(11-12-20)17(22)9-7-14-8-10-18(23)19(13-14)24-2/h8,10,13,15,20,23H,3-7,9,11-12H2,1-2H3/t15-/m1/s1. The van der Waals surface area contributed by atoms with Gasteiger partial charge in [0.05, 0.1) is 13.0 Å². The molecule has 1 aromatic carbocycles. The first-order valence-corrected chi connectivity index (χ1v) is 8.55. The molecule has 0 bridgehead atoms. The van der Waals surface area contributed by atoms with Gasteiger partial charge in [-0.1, -0.05) is 25.8 Å². The van der Waals surface area contributed by atoms with Gasteiger partial charge in [-0.3, -0.25) is 9.59 Å². The van der Waals surface area contributed by atoms with Crippen LogP contribution >= 0.6 is 0 Å². The molecule has 0 spiro atoms. The molecule has 5 nitrogen and oxygen atoms in total. The van der Waals surface area contributed by atoms with Crippen molar-refractivity contribution in [2.75, 3.05) is 13.7 Å². The highest BCUT2D eigenvalue weighted by atomic mass is 16.5. The molecule has 0 aliphatic rings. The minimum Gasteiger partial charge on any atom is -0.504 e. The van der Waals surface area contributed by atoms with E-state index >= 15 is 0 Å². The smallest absolute Gasteiger partial charge is 0.160 e. The van der Waals surface area contributed by atoms with Gasteiger partial charge >= 0.3 is 0 Å². The molecule has 0 heterocycles. The number of carbonyl (C=O) groups is 2. The van der Waals surface area contributed by atoms with Crippen molar-refractivity contribution in [3.63, 3.8) is 0 Å². The average molecular weight is 336 g/mol. The van der Waals surface area contributed by atoms with E-state index in [1.807, 2.05) is 0 Å². The molecule has 0 amide bonds. The minimum atomic E-state index is -0.703. The van der Waals surface area contributed by atoms with Crippen molar-refractivity contribution < 1.29 is 24.5 Å². The van der Waals surface area contributed by atoms with E-state index in [4.69, 9.17) is 9.84 Å². The van der Waals surface area contributed by atoms with Crippen LogP contribution in [0.4, 0.5) is 0 Å². The van der Waals surface area contributed by atoms with Crippen LogP contribution in [-0.2, 0) is 16.0 Å². The summed E-state index contributed by atoms with van der Waals surface area (Å²) in [7, 11) is 1.47. The van der Waals surface area contributed by atoms with Gasteiger partial charge in [0, 0.05) is 19.4 Å². The lowest BCUT2D eigenvalue weighted by atomic mass is 9.89. The Balaban J connectivity index is 2.63. The number of aliphatic hydroxyl groups is 1. The Hall–Kier alpha value is -1.88. The number of aryl methyl sites for hydroxylation is 1. The number of aliphatic hydroxyl groups excluding tert-OH is 1. The van der Waals surface area contributed by atoms with Crippen molar-refractivity contribution in [2.45, 2.75) is 51.9 Å². The Morgan fingerprint density at radius 2 is 1.88 bits per heavy atom. The highest BCUT2D eigenvalue weighted by molar-refractivity contribution is 6.02. The van der Waals surface area contributed by atoms with Crippen LogP contribution in [0.3, 0.4) is 0 Å². The van der Waals surface area contributed by atoms with Crippen molar-refractivity contribution in [1.82, 2.24) is 0 Å². The van der Waals surface area contributed by atoms with Crippen LogP contribution in [0.25, 0.3) is 0 Å². The Bertz CT molecular complexity index is 539. The number of phenolic OH excluding ortho intramolecular Hbond substituents is 1. The van der Waals surface area contributed by atoms with Gasteiger partial charge < -0.3 is 14.9 Å². The topological polar surface area (TPSA) is 83.8 Å². The predicted octanol–water partition coefficient (Wildman–Crippen LogP) is 3.05. The molecule has 0 saturated heterocycles. The van der Waals surface area contributed by atoms with E-state index in [0.29, 0.717) is 18.6 Å². The summed E-state index contributed by atoms with van der Waals surface area (Å²) in [5.74, 6) is -0.478. The SMILES string of the molecule is CCCCCC(=O)[C@@H](CCO)C(=O)CCc1ccc(O)c(OC)c1. The number of rotatable bonds is 12. The number of ether oxygens (including phenoxy) is 1. The van der Waals surface area contributed by atoms with Crippen molar-refractivity contribution in [3.05, 3.63) is 23.8 Å². The maximum absolute atomic E-state index is 12.4. The highest BCUT2D eigenvalue weighted by Gasteiger charge is 2.24. The first kappa shape index (κ1) is 20.2. The summed E-state index contributed by atoms with van der Waals surface area (Å²) in [6.45, 7) is 1.90. The molecule has 134 valence electrons. The molecule has 0 radical (unpaired) electrons. The number of Topliss-reactive ketones (excluding diaryl/α,β-unsaturated/α-hetero) is 2. The fourth-order valence-electron chi connectivity index (χ4n) is 2.67. The van der Waals surface area contributed by atoms with Gasteiger partial charge in [-0.25, -0.2) is 0 Å². The van der Waals surface area contributed by atoms with Crippen molar-refractivity contribution in [3.8, 4) is 11.5 Å². The normalized spacial score (nSPS) is 12.0. The lowest BCUT2D eigenvalue weighted by Crippen LogP contribution is -2.25. The van der Waals surface area contributed by atoms with E-state index in [1.54, 1.807) is 12.1 Å². The predicted molar refractivity (Wildman–Crippen MR) is 92.3 cm³/mol. The average Bonchev–Trinajstić information content (AvgIpc) is 2.58. The molecule has 1 aromatic rings. The Morgan fingerprint density at radius 1 is 1.17 bits per heavy atom. The Labute approximate surface area is 143 Å². The zero-order chi connectivity index (χ0) is 17.9. The van der Waals surface area contributed by atoms with E-state index in [2.05, 4.69) is 6.92 Å². The number of phenols is 1. The van der Waals surface area contributed by atoms with Crippen LogP contribution in [-0.4, -0.2) is 35.5 Å². The third-order valence-electron chi connectivity index (χ3n) is 4.13. The molecule has 1 atom stereocenters. The summed E-state index contributed by atoms with van der Waals surface area (Å²) >= 11 is 0. The second-order valence-corrected chi connectivity index (χ2v) is 5.96. The molecule has 0 aliphatic carbocycles. The second-order valence-electron chi connectivity index (χ2n) is 5.96. The number of aromatic hydroxyl groups is 1. The summed E-state index contributed by atoms with van der Waals surface area (Å²) in [6.07, 6.45) is 4.09. The number of carbonyl (C=O) groups excluding carboxylic acids is 2. The van der Waals surface area contributed by atoms with Crippen molar-refractivity contribution in [1.29, 1.82) is 0 Å². The van der Waals surface area contributed by atoms with E-state index in [9.17, 15) is 14.7 Å². The van der Waals surface area contributed by atoms with Gasteiger partial charge in [-0.2, -0.15) is 0 Å². The van der Waals surface area contributed by atoms with Gasteiger partial charge in [0.25, 0.3) is 0 Å². The molecule has 0 aliphatic heterocycles. The summed E-state index contributed by atoms with van der Waals surface area (Å²) in [5.41, 5.74) is 0.860. The van der Waals surface area contributed by atoms with Crippen LogP contribution < -0.4 is 4.74 Å². The van der Waals surface area contributed by atoms with Gasteiger partial charge in [0.15, 0.2) is 11.5 Å². The quantitative estimate of drug-likeness (QED) is 0.453. The lowest BCUT2D eigenvalue weighted by molar-refractivity contribution is -0.133. The molecular weight excluding hydrogens is 308 g/mol. The maximum Gasteiger partial charge on any atom is 0.160 e. The molecule has 24 heavy (non-hydrogen) atoms. The zero-order valence-corrected chi connectivity index (χ0v) is 14.6. The van der Waals surface area contributed by atoms with E-state index in [0.717, 1.165) is 24.8 Å². The molecule has 0 saturated carbocycles. The molecule has 0 aromatic heterocycles. The molecule has 0 fully saturated rings. The maximum atomic E-state index is 12.4. The van der Waals surface area contributed by atoms with Gasteiger partial charge in [0.2, 0.25) is 0 Å². The lowest BCUT2D eigenvalue weighted by Gasteiger charge is -2.14. The number of methoxy groups -OCH3 is 1. The van der Waals surface area contributed by atoms with Crippen LogP contribution in [0.1, 0.15) is 51.0 Å². The zero-order valence-electron chi connectivity index (χ0n) is 14.6. The first-order valence-electron chi connectivity index (χ1n) is 8.55. The second kappa shape index (κ2) is 10.8. The number of ketones is 2. The Morgan fingerprint density at radius 3 is 2.50 bits per heavy atom. The molecule has 2 N–H and O–H groups in total. The fourth-order valence-corrected chi connectivity index (χ4v) is 2.67. The van der Waals surface area contributed by atoms with Crippen LogP contribution in [0.15, 0.2) is 18.2 Å². The monoisotopic (exact) mass is 336 g/mol. The van der Waals surface area contributed by atoms with Crippen molar-refractivity contribution >= 4 is 11.6 Å². The number of unbranched alkanes of at least 4 members (excludes halogenated alkanes) is 2. The van der Waals surface area contributed by atoms with Crippen LogP contribution in [0, 0.1) is 5.92 Å². The number of hydrogen-bond donors (Lipinski definition) is 2. The minimum absolute atomic E-state index is 0.0526. The largest absolute Gasteiger partial charge is 0.504 e. The summed E-state index contributed by atoms with van der Waals surface area (Å²) in [5, 5.41) is 18.7. The van der Waals surface area contributed by atoms with Gasteiger partial charge in [-0.15, -0.1) is 0 Å². The molecule has 5 heteroatoms. The number of benzene rings is 1. The van der Waals surface area contributed by atoms with Gasteiger partial charge in [0.1, 0.15) is 11.6 Å². The highest BCUT2D eigenvalue weighted by Crippen LogP contribution is 2.27. The third-order valence-corrected chi connectivity index (χ3v) is 4.13. The summed E-state index contributed by atoms with van der Waals surface area (Å²) in [4.78, 5) is 24.6. The van der Waals surface area contributed by atoms with E-state index in [1.165, 1.54) is 13.2 Å². The van der Waals surface area contributed by atoms with E-state index < -0.39 is 5.92 Å². The van der Waals surface area contributed by atoms with E-state index in [-0.39, 0.29) is 36.8 Å².